The highest BCUT2D eigenvalue weighted by molar-refractivity contribution is 7.91. The molecule has 0 unspecified atom stereocenters. The number of fused-ring (bicyclic) bond motifs is 1. The predicted molar refractivity (Wildman–Crippen MR) is 122 cm³/mol. The normalized spacial score (nSPS) is 11.6. The lowest BCUT2D eigenvalue weighted by Gasteiger charge is -2.14. The Bertz CT molecular complexity index is 1440. The van der Waals surface area contributed by atoms with Gasteiger partial charge in [-0.2, -0.15) is 0 Å². The number of rotatable bonds is 4. The van der Waals surface area contributed by atoms with E-state index in [9.17, 15) is 13.2 Å². The van der Waals surface area contributed by atoms with E-state index in [0.717, 1.165) is 22.3 Å². The Hall–Kier alpha value is -3.31. The number of aromatic nitrogens is 1. The van der Waals surface area contributed by atoms with Gasteiger partial charge in [0.25, 0.3) is 0 Å². The van der Waals surface area contributed by atoms with Gasteiger partial charge in [-0.3, -0.25) is 9.78 Å². The van der Waals surface area contributed by atoms with Gasteiger partial charge in [0, 0.05) is 17.1 Å². The molecule has 0 fully saturated rings. The molecule has 4 nitrogen and oxygen atoms in total. The molecule has 5 heteroatoms. The zero-order valence-corrected chi connectivity index (χ0v) is 18.7. The molecule has 0 radical (unpaired) electrons. The third-order valence-electron chi connectivity index (χ3n) is 5.59. The fourth-order valence-corrected chi connectivity index (χ4v) is 5.22. The van der Waals surface area contributed by atoms with Gasteiger partial charge in [-0.25, -0.2) is 8.42 Å². The average Bonchev–Trinajstić information content (AvgIpc) is 2.74. The maximum absolute atomic E-state index is 13.8. The Balaban J connectivity index is 2.03. The van der Waals surface area contributed by atoms with Crippen molar-refractivity contribution >= 4 is 26.5 Å². The molecule has 0 amide bonds. The lowest BCUT2D eigenvalue weighted by Crippen LogP contribution is -2.13. The largest absolute Gasteiger partial charge is 0.289 e. The zero-order valence-electron chi connectivity index (χ0n) is 17.9. The van der Waals surface area contributed by atoms with Crippen LogP contribution in [0.15, 0.2) is 76.7 Å². The number of hydrogen-bond donors (Lipinski definition) is 0. The number of ketones is 1. The summed E-state index contributed by atoms with van der Waals surface area (Å²) in [6.07, 6.45) is 1.39. The minimum atomic E-state index is -3.96. The van der Waals surface area contributed by atoms with Crippen molar-refractivity contribution in [3.8, 4) is 0 Å². The first kappa shape index (κ1) is 20.9. The van der Waals surface area contributed by atoms with Crippen LogP contribution in [0, 0.1) is 27.7 Å². The minimum absolute atomic E-state index is 0.00767. The number of nitrogens with zero attached hydrogens (tertiary/aromatic N) is 1. The molecule has 0 saturated carbocycles. The third kappa shape index (κ3) is 3.77. The summed E-state index contributed by atoms with van der Waals surface area (Å²) < 4.78 is 27.5. The van der Waals surface area contributed by atoms with E-state index in [0.29, 0.717) is 16.5 Å². The standard InChI is InChI=1S/C26H23NO3S/c1-16-5-10-21(11-6-16)31(29,30)26-22-13-17(2)7-12-24(22)27-15-23(26)25(28)20-9-8-18(3)19(4)14-20/h5-15H,1-4H3. The van der Waals surface area contributed by atoms with Gasteiger partial charge in [0.05, 0.1) is 20.9 Å². The molecule has 0 bridgehead atoms. The highest BCUT2D eigenvalue weighted by Gasteiger charge is 2.28. The van der Waals surface area contributed by atoms with E-state index in [1.165, 1.54) is 6.20 Å². The Morgan fingerprint density at radius 1 is 0.774 bits per heavy atom. The van der Waals surface area contributed by atoms with E-state index in [1.807, 2.05) is 39.8 Å². The van der Waals surface area contributed by atoms with Gasteiger partial charge in [-0.1, -0.05) is 41.5 Å². The molecule has 1 aromatic heterocycles. The van der Waals surface area contributed by atoms with E-state index in [1.54, 1.807) is 48.5 Å². The molecule has 0 aliphatic heterocycles. The summed E-state index contributed by atoms with van der Waals surface area (Å²) in [6.45, 7) is 7.69. The molecule has 4 rings (SSSR count). The van der Waals surface area contributed by atoms with Crippen LogP contribution in [0.2, 0.25) is 0 Å². The van der Waals surface area contributed by atoms with Gasteiger partial charge in [-0.15, -0.1) is 0 Å². The van der Waals surface area contributed by atoms with Gasteiger partial charge in [-0.05, 0) is 69.2 Å². The van der Waals surface area contributed by atoms with Gasteiger partial charge in [0.2, 0.25) is 9.84 Å². The summed E-state index contributed by atoms with van der Waals surface area (Å²) in [5, 5.41) is 0.454. The number of benzene rings is 3. The van der Waals surface area contributed by atoms with Gasteiger partial charge in [0.15, 0.2) is 5.78 Å². The van der Waals surface area contributed by atoms with Crippen molar-refractivity contribution in [3.63, 3.8) is 0 Å². The SMILES string of the molecule is Cc1ccc(S(=O)(=O)c2c(C(=O)c3ccc(C)c(C)c3)cnc3ccc(C)cc23)cc1. The van der Waals surface area contributed by atoms with Crippen molar-refractivity contribution in [1.82, 2.24) is 4.98 Å². The molecular formula is C26H23NO3S. The van der Waals surface area contributed by atoms with Crippen molar-refractivity contribution in [2.45, 2.75) is 37.5 Å². The lowest BCUT2D eigenvalue weighted by atomic mass is 9.99. The zero-order chi connectivity index (χ0) is 22.3. The number of aryl methyl sites for hydroxylation is 4. The Kier molecular flexibility index (Phi) is 5.23. The average molecular weight is 430 g/mol. The molecule has 0 spiro atoms. The topological polar surface area (TPSA) is 64.1 Å². The second-order valence-electron chi connectivity index (χ2n) is 7.97. The molecular weight excluding hydrogens is 406 g/mol. The van der Waals surface area contributed by atoms with Crippen LogP contribution in [0.5, 0.6) is 0 Å². The summed E-state index contributed by atoms with van der Waals surface area (Å²) >= 11 is 0. The molecule has 0 aliphatic rings. The maximum atomic E-state index is 13.8. The van der Waals surface area contributed by atoms with Crippen LogP contribution in [0.25, 0.3) is 10.9 Å². The monoisotopic (exact) mass is 429 g/mol. The van der Waals surface area contributed by atoms with Gasteiger partial charge < -0.3 is 0 Å². The van der Waals surface area contributed by atoms with E-state index in [2.05, 4.69) is 4.98 Å². The van der Waals surface area contributed by atoms with Crippen molar-refractivity contribution in [2.75, 3.05) is 0 Å². The Morgan fingerprint density at radius 3 is 2.13 bits per heavy atom. The first-order chi connectivity index (χ1) is 14.7. The molecule has 31 heavy (non-hydrogen) atoms. The van der Waals surface area contributed by atoms with Crippen LogP contribution < -0.4 is 0 Å². The molecule has 0 aliphatic carbocycles. The summed E-state index contributed by atoms with van der Waals surface area (Å²) in [5.74, 6) is -0.357. The van der Waals surface area contributed by atoms with Crippen LogP contribution in [0.3, 0.4) is 0 Å². The Labute approximate surface area is 182 Å². The van der Waals surface area contributed by atoms with Crippen LogP contribution in [0.1, 0.15) is 38.2 Å². The van der Waals surface area contributed by atoms with E-state index < -0.39 is 9.84 Å². The molecule has 156 valence electrons. The number of carbonyl (C=O) groups is 1. The van der Waals surface area contributed by atoms with Crippen LogP contribution in [-0.4, -0.2) is 19.2 Å². The van der Waals surface area contributed by atoms with Crippen LogP contribution in [-0.2, 0) is 9.84 Å². The van der Waals surface area contributed by atoms with Gasteiger partial charge in [0.1, 0.15) is 0 Å². The highest BCUT2D eigenvalue weighted by atomic mass is 32.2. The molecule has 0 saturated heterocycles. The maximum Gasteiger partial charge on any atom is 0.208 e. The lowest BCUT2D eigenvalue weighted by molar-refractivity contribution is 0.103. The molecule has 0 atom stereocenters. The molecule has 0 N–H and O–H groups in total. The summed E-state index contributed by atoms with van der Waals surface area (Å²) in [6, 6.07) is 17.5. The van der Waals surface area contributed by atoms with Gasteiger partial charge >= 0.3 is 0 Å². The number of sulfone groups is 1. The van der Waals surface area contributed by atoms with Crippen molar-refractivity contribution in [2.24, 2.45) is 0 Å². The van der Waals surface area contributed by atoms with E-state index in [4.69, 9.17) is 0 Å². The number of hydrogen-bond acceptors (Lipinski definition) is 4. The second kappa shape index (κ2) is 7.75. The number of pyridine rings is 1. The van der Waals surface area contributed by atoms with Crippen LogP contribution in [0.4, 0.5) is 0 Å². The fourth-order valence-electron chi connectivity index (χ4n) is 3.61. The first-order valence-corrected chi connectivity index (χ1v) is 11.5. The van der Waals surface area contributed by atoms with E-state index in [-0.39, 0.29) is 21.1 Å². The smallest absolute Gasteiger partial charge is 0.208 e. The molecule has 1 heterocycles. The van der Waals surface area contributed by atoms with E-state index >= 15 is 0 Å². The molecule has 3 aromatic carbocycles. The fraction of sp³-hybridized carbons (Fsp3) is 0.154. The summed E-state index contributed by atoms with van der Waals surface area (Å²) in [7, 11) is -3.96. The van der Waals surface area contributed by atoms with Crippen molar-refractivity contribution in [1.29, 1.82) is 0 Å². The Morgan fingerprint density at radius 2 is 1.45 bits per heavy atom. The summed E-state index contributed by atoms with van der Waals surface area (Å²) in [5.41, 5.74) is 4.95. The second-order valence-corrected chi connectivity index (χ2v) is 9.85. The number of carbonyl (C=O) groups excluding carboxylic acids is 1. The van der Waals surface area contributed by atoms with Crippen molar-refractivity contribution in [3.05, 3.63) is 100 Å². The van der Waals surface area contributed by atoms with Crippen molar-refractivity contribution < 1.29 is 13.2 Å². The predicted octanol–water partition coefficient (Wildman–Crippen LogP) is 5.53. The first-order valence-electron chi connectivity index (χ1n) is 10.0. The minimum Gasteiger partial charge on any atom is -0.289 e. The van der Waals surface area contributed by atoms with Crippen LogP contribution >= 0.6 is 0 Å². The molecule has 4 aromatic rings. The quantitative estimate of drug-likeness (QED) is 0.400. The highest BCUT2D eigenvalue weighted by Crippen LogP contribution is 2.33. The third-order valence-corrected chi connectivity index (χ3v) is 7.46. The summed E-state index contributed by atoms with van der Waals surface area (Å²) in [4.78, 5) is 18.1.